The summed E-state index contributed by atoms with van der Waals surface area (Å²) in [5.41, 5.74) is 2.08. The summed E-state index contributed by atoms with van der Waals surface area (Å²) < 4.78 is 16.6. The van der Waals surface area contributed by atoms with Crippen LogP contribution in [0.5, 0.6) is 0 Å². The average Bonchev–Trinajstić information content (AvgIpc) is 3.31. The van der Waals surface area contributed by atoms with Crippen LogP contribution in [0.25, 0.3) is 22.4 Å². The zero-order valence-corrected chi connectivity index (χ0v) is 21.7. The van der Waals surface area contributed by atoms with E-state index in [-0.39, 0.29) is 45.9 Å². The van der Waals surface area contributed by atoms with Gasteiger partial charge in [-0.05, 0) is 52.6 Å². The molecule has 10 nitrogen and oxygen atoms in total. The Morgan fingerprint density at radius 2 is 1.97 bits per heavy atom. The Morgan fingerprint density at radius 1 is 1.16 bits per heavy atom. The number of hydrogen-bond acceptors (Lipinski definition) is 8. The maximum Gasteiger partial charge on any atom is 0.241 e. The standard InChI is InChI=1S/C25H27ClFN9O/c1-14(2)36-13-30-23-19(36)10-18(31-24(23)27)22-17(26)12-29-25(33-22)32-20-6-5-16(11-28-20)35-8-7-15(34(3)4)9-21(35)37/h5-6,10-15H,7-9H2,1-4H3,(H,28,29,32,33). The lowest BCUT2D eigenvalue weighted by Crippen LogP contribution is -2.45. The van der Waals surface area contributed by atoms with Crippen LogP contribution in [0.1, 0.15) is 32.7 Å². The Balaban J connectivity index is 1.37. The average molecular weight is 524 g/mol. The lowest BCUT2D eigenvalue weighted by molar-refractivity contribution is -0.120. The van der Waals surface area contributed by atoms with E-state index in [0.29, 0.717) is 24.3 Å². The zero-order chi connectivity index (χ0) is 26.3. The molecule has 1 fully saturated rings. The summed E-state index contributed by atoms with van der Waals surface area (Å²) in [5.74, 6) is 0.0912. The Bertz CT molecular complexity index is 1450. The van der Waals surface area contributed by atoms with Gasteiger partial charge in [-0.15, -0.1) is 0 Å². The number of halogens is 2. The van der Waals surface area contributed by atoms with Gasteiger partial charge < -0.3 is 19.7 Å². The van der Waals surface area contributed by atoms with Gasteiger partial charge in [-0.1, -0.05) is 11.6 Å². The summed E-state index contributed by atoms with van der Waals surface area (Å²) in [7, 11) is 3.98. The third kappa shape index (κ3) is 4.96. The number of carbonyl (C=O) groups excluding carboxylic acids is 1. The maximum atomic E-state index is 14.7. The number of aromatic nitrogens is 6. The third-order valence-electron chi connectivity index (χ3n) is 6.49. The molecule has 1 saturated heterocycles. The normalized spacial score (nSPS) is 16.3. The predicted octanol–water partition coefficient (Wildman–Crippen LogP) is 4.46. The molecule has 1 amide bonds. The van der Waals surface area contributed by atoms with Gasteiger partial charge in [0.05, 0.1) is 40.6 Å². The van der Waals surface area contributed by atoms with Crippen molar-refractivity contribution >= 4 is 46.0 Å². The fraction of sp³-hybridized carbons (Fsp3) is 0.360. The Kier molecular flexibility index (Phi) is 6.74. The van der Waals surface area contributed by atoms with Crippen LogP contribution in [-0.4, -0.2) is 67.0 Å². The molecular formula is C25H27ClFN9O. The quantitative estimate of drug-likeness (QED) is 0.369. The first-order valence-corrected chi connectivity index (χ1v) is 12.3. The first-order valence-electron chi connectivity index (χ1n) is 12.0. The molecule has 1 N–H and O–H groups in total. The Hall–Kier alpha value is -3.70. The van der Waals surface area contributed by atoms with E-state index in [1.807, 2.05) is 38.6 Å². The van der Waals surface area contributed by atoms with E-state index in [1.54, 1.807) is 29.6 Å². The molecule has 1 aliphatic rings. The van der Waals surface area contributed by atoms with Crippen LogP contribution in [0, 0.1) is 5.95 Å². The topological polar surface area (TPSA) is 105 Å². The van der Waals surface area contributed by atoms with Crippen LogP contribution < -0.4 is 10.2 Å². The minimum absolute atomic E-state index is 0.0775. The van der Waals surface area contributed by atoms with Crippen LogP contribution >= 0.6 is 11.6 Å². The number of nitrogens with one attached hydrogen (secondary N) is 1. The lowest BCUT2D eigenvalue weighted by Gasteiger charge is -2.34. The van der Waals surface area contributed by atoms with Crippen molar-refractivity contribution in [1.29, 1.82) is 0 Å². The minimum Gasteiger partial charge on any atom is -0.328 e. The van der Waals surface area contributed by atoms with E-state index in [9.17, 15) is 9.18 Å². The van der Waals surface area contributed by atoms with E-state index in [2.05, 4.69) is 35.1 Å². The van der Waals surface area contributed by atoms with Crippen LogP contribution in [0.3, 0.4) is 0 Å². The highest BCUT2D eigenvalue weighted by Crippen LogP contribution is 2.30. The van der Waals surface area contributed by atoms with Crippen molar-refractivity contribution in [2.24, 2.45) is 0 Å². The van der Waals surface area contributed by atoms with E-state index < -0.39 is 5.95 Å². The first kappa shape index (κ1) is 25.0. The number of carbonyl (C=O) groups is 1. The molecule has 12 heteroatoms. The summed E-state index contributed by atoms with van der Waals surface area (Å²) in [4.78, 5) is 37.8. The first-order chi connectivity index (χ1) is 17.7. The maximum absolute atomic E-state index is 14.7. The van der Waals surface area contributed by atoms with Crippen molar-refractivity contribution in [3.63, 3.8) is 0 Å². The number of pyridine rings is 2. The van der Waals surface area contributed by atoms with Gasteiger partial charge in [0.1, 0.15) is 17.0 Å². The smallest absolute Gasteiger partial charge is 0.241 e. The molecule has 1 unspecified atom stereocenters. The summed E-state index contributed by atoms with van der Waals surface area (Å²) in [6, 6.07) is 5.64. The largest absolute Gasteiger partial charge is 0.328 e. The van der Waals surface area contributed by atoms with Gasteiger partial charge in [0.25, 0.3) is 0 Å². The molecule has 5 rings (SSSR count). The van der Waals surface area contributed by atoms with E-state index >= 15 is 0 Å². The van der Waals surface area contributed by atoms with E-state index in [0.717, 1.165) is 12.1 Å². The molecule has 0 aromatic carbocycles. The molecule has 4 aromatic heterocycles. The highest BCUT2D eigenvalue weighted by atomic mass is 35.5. The number of anilines is 3. The number of amides is 1. The van der Waals surface area contributed by atoms with Crippen LogP contribution in [0.15, 0.2) is 36.9 Å². The Morgan fingerprint density at radius 3 is 2.65 bits per heavy atom. The molecular weight excluding hydrogens is 497 g/mol. The van der Waals surface area contributed by atoms with Crippen LogP contribution in [-0.2, 0) is 4.79 Å². The monoisotopic (exact) mass is 523 g/mol. The molecule has 4 aromatic rings. The van der Waals surface area contributed by atoms with Gasteiger partial charge >= 0.3 is 0 Å². The number of rotatable bonds is 6. The van der Waals surface area contributed by atoms with E-state index in [1.165, 1.54) is 6.20 Å². The van der Waals surface area contributed by atoms with Crippen molar-refractivity contribution in [2.75, 3.05) is 30.9 Å². The molecule has 0 aliphatic carbocycles. The van der Waals surface area contributed by atoms with Gasteiger partial charge in [0, 0.05) is 25.0 Å². The van der Waals surface area contributed by atoms with Gasteiger partial charge in [-0.2, -0.15) is 4.39 Å². The number of piperidine rings is 1. The van der Waals surface area contributed by atoms with Crippen molar-refractivity contribution in [2.45, 2.75) is 38.8 Å². The van der Waals surface area contributed by atoms with Crippen LogP contribution in [0.4, 0.5) is 21.8 Å². The van der Waals surface area contributed by atoms with Crippen molar-refractivity contribution in [3.8, 4) is 11.4 Å². The third-order valence-corrected chi connectivity index (χ3v) is 6.77. The molecule has 5 heterocycles. The predicted molar refractivity (Wildman–Crippen MR) is 140 cm³/mol. The summed E-state index contributed by atoms with van der Waals surface area (Å²) in [6.45, 7) is 4.61. The molecule has 0 spiro atoms. The summed E-state index contributed by atoms with van der Waals surface area (Å²) >= 11 is 6.37. The van der Waals surface area contributed by atoms with Crippen LogP contribution in [0.2, 0.25) is 5.02 Å². The Labute approximate surface area is 218 Å². The number of hydrogen-bond donors (Lipinski definition) is 1. The van der Waals surface area contributed by atoms with Crippen molar-refractivity contribution in [1.82, 2.24) is 34.4 Å². The van der Waals surface area contributed by atoms with Gasteiger partial charge in [0.15, 0.2) is 0 Å². The second kappa shape index (κ2) is 9.98. The van der Waals surface area contributed by atoms with Crippen molar-refractivity contribution < 1.29 is 9.18 Å². The molecule has 0 bridgehead atoms. The fourth-order valence-electron chi connectivity index (χ4n) is 4.40. The molecule has 1 aliphatic heterocycles. The zero-order valence-electron chi connectivity index (χ0n) is 21.0. The summed E-state index contributed by atoms with van der Waals surface area (Å²) in [5, 5.41) is 3.27. The van der Waals surface area contributed by atoms with Gasteiger partial charge in [0.2, 0.25) is 17.8 Å². The molecule has 0 saturated carbocycles. The minimum atomic E-state index is -0.697. The highest BCUT2D eigenvalue weighted by Gasteiger charge is 2.28. The number of imidazole rings is 1. The lowest BCUT2D eigenvalue weighted by atomic mass is 10.0. The van der Waals surface area contributed by atoms with E-state index in [4.69, 9.17) is 11.6 Å². The molecule has 192 valence electrons. The van der Waals surface area contributed by atoms with Gasteiger partial charge in [-0.3, -0.25) is 4.79 Å². The van der Waals surface area contributed by atoms with Gasteiger partial charge in [-0.25, -0.2) is 24.9 Å². The molecule has 1 atom stereocenters. The fourth-order valence-corrected chi connectivity index (χ4v) is 4.59. The number of fused-ring (bicyclic) bond motifs is 1. The number of nitrogens with zero attached hydrogens (tertiary/aromatic N) is 8. The second-order valence-electron chi connectivity index (χ2n) is 9.48. The molecule has 0 radical (unpaired) electrons. The highest BCUT2D eigenvalue weighted by molar-refractivity contribution is 6.32. The molecule has 37 heavy (non-hydrogen) atoms. The van der Waals surface area contributed by atoms with Crippen molar-refractivity contribution in [3.05, 3.63) is 47.9 Å². The second-order valence-corrected chi connectivity index (χ2v) is 9.89. The summed E-state index contributed by atoms with van der Waals surface area (Å²) in [6.07, 6.45) is 6.04. The SMILES string of the molecule is CC(C)n1cnc2c(F)nc(-c3nc(Nc4ccc(N5CCC(N(C)C)CC5=O)cn4)ncc3Cl)cc21.